The number of rotatable bonds is 2. The molecule has 0 saturated heterocycles. The summed E-state index contributed by atoms with van der Waals surface area (Å²) in [5.41, 5.74) is 2.08. The molecule has 0 bridgehead atoms. The van der Waals surface area contributed by atoms with Gasteiger partial charge in [-0.3, -0.25) is 4.79 Å². The Morgan fingerprint density at radius 3 is 2.57 bits per heavy atom. The standard InChI is InChI=1S/C15H12ClNO4/c16-13-11(5-6-21-13)14(18)17-8-10-4-2-1-3-9(10)7-12(17)15(19)20/h1-6,12H,7-8H2,(H,19,20). The van der Waals surface area contributed by atoms with Crippen LogP contribution in [0.4, 0.5) is 0 Å². The highest BCUT2D eigenvalue weighted by molar-refractivity contribution is 6.32. The van der Waals surface area contributed by atoms with Gasteiger partial charge in [0.2, 0.25) is 5.22 Å². The summed E-state index contributed by atoms with van der Waals surface area (Å²) in [7, 11) is 0. The van der Waals surface area contributed by atoms with Gasteiger partial charge in [0.15, 0.2) is 0 Å². The molecule has 0 fully saturated rings. The Hall–Kier alpha value is -2.27. The molecule has 1 amide bonds. The maximum atomic E-state index is 12.5. The van der Waals surface area contributed by atoms with E-state index >= 15 is 0 Å². The average molecular weight is 306 g/mol. The van der Waals surface area contributed by atoms with E-state index in [0.29, 0.717) is 0 Å². The highest BCUT2D eigenvalue weighted by atomic mass is 35.5. The summed E-state index contributed by atoms with van der Waals surface area (Å²) in [5.74, 6) is -1.46. The number of halogens is 1. The average Bonchev–Trinajstić information content (AvgIpc) is 2.91. The van der Waals surface area contributed by atoms with Crippen LogP contribution in [0.3, 0.4) is 0 Å². The number of furan rings is 1. The van der Waals surface area contributed by atoms with E-state index in [1.807, 2.05) is 24.3 Å². The Balaban J connectivity index is 1.98. The van der Waals surface area contributed by atoms with Gasteiger partial charge in [0, 0.05) is 13.0 Å². The molecule has 1 aliphatic rings. The first-order valence-corrected chi connectivity index (χ1v) is 6.79. The van der Waals surface area contributed by atoms with Crippen LogP contribution in [0.5, 0.6) is 0 Å². The number of carboxylic acids is 1. The Bertz CT molecular complexity index is 709. The molecule has 1 unspecified atom stereocenters. The lowest BCUT2D eigenvalue weighted by molar-refractivity contribution is -0.142. The number of amides is 1. The van der Waals surface area contributed by atoms with Gasteiger partial charge in [-0.15, -0.1) is 0 Å². The van der Waals surface area contributed by atoms with Gasteiger partial charge >= 0.3 is 5.97 Å². The van der Waals surface area contributed by atoms with E-state index in [-0.39, 0.29) is 23.7 Å². The second-order valence-corrected chi connectivity index (χ2v) is 5.21. The first-order valence-electron chi connectivity index (χ1n) is 6.41. The highest BCUT2D eigenvalue weighted by Crippen LogP contribution is 2.27. The van der Waals surface area contributed by atoms with Crippen molar-refractivity contribution in [2.45, 2.75) is 19.0 Å². The Morgan fingerprint density at radius 2 is 1.95 bits per heavy atom. The predicted octanol–water partition coefficient (Wildman–Crippen LogP) is 2.58. The fourth-order valence-electron chi connectivity index (χ4n) is 2.56. The summed E-state index contributed by atoms with van der Waals surface area (Å²) in [6.07, 6.45) is 1.59. The van der Waals surface area contributed by atoms with Crippen LogP contribution < -0.4 is 0 Å². The minimum Gasteiger partial charge on any atom is -0.480 e. The Morgan fingerprint density at radius 1 is 1.24 bits per heavy atom. The molecule has 0 radical (unpaired) electrons. The van der Waals surface area contributed by atoms with E-state index < -0.39 is 17.9 Å². The molecule has 0 spiro atoms. The number of hydrogen-bond donors (Lipinski definition) is 1. The lowest BCUT2D eigenvalue weighted by Crippen LogP contribution is -2.48. The van der Waals surface area contributed by atoms with Crippen molar-refractivity contribution >= 4 is 23.5 Å². The molecule has 1 N–H and O–H groups in total. The van der Waals surface area contributed by atoms with Crippen LogP contribution in [-0.2, 0) is 17.8 Å². The second kappa shape index (κ2) is 5.26. The normalized spacial score (nSPS) is 17.4. The van der Waals surface area contributed by atoms with Gasteiger partial charge in [0.05, 0.1) is 11.8 Å². The fourth-order valence-corrected chi connectivity index (χ4v) is 2.75. The molecule has 1 aliphatic heterocycles. The van der Waals surface area contributed by atoms with Crippen molar-refractivity contribution in [3.05, 3.63) is 58.5 Å². The largest absolute Gasteiger partial charge is 0.480 e. The Kier molecular flexibility index (Phi) is 3.43. The van der Waals surface area contributed by atoms with Crippen molar-refractivity contribution in [3.63, 3.8) is 0 Å². The first kappa shape index (κ1) is 13.7. The zero-order valence-electron chi connectivity index (χ0n) is 11.0. The van der Waals surface area contributed by atoms with Crippen LogP contribution in [0.1, 0.15) is 21.5 Å². The number of benzene rings is 1. The molecule has 0 saturated carbocycles. The molecule has 108 valence electrons. The number of aliphatic carboxylic acids is 1. The van der Waals surface area contributed by atoms with Gasteiger partial charge in [-0.2, -0.15) is 0 Å². The Labute approximate surface area is 125 Å². The number of carboxylic acid groups (broad SMARTS) is 1. The summed E-state index contributed by atoms with van der Waals surface area (Å²) in [5, 5.41) is 9.37. The topological polar surface area (TPSA) is 70.8 Å². The number of carbonyl (C=O) groups is 2. The SMILES string of the molecule is O=C(O)C1Cc2ccccc2CN1C(=O)c1ccoc1Cl. The number of nitrogens with zero attached hydrogens (tertiary/aromatic N) is 1. The first-order chi connectivity index (χ1) is 10.1. The van der Waals surface area contributed by atoms with Gasteiger partial charge < -0.3 is 14.4 Å². The summed E-state index contributed by atoms with van der Waals surface area (Å²) < 4.78 is 4.91. The molecule has 1 aromatic heterocycles. The monoisotopic (exact) mass is 305 g/mol. The van der Waals surface area contributed by atoms with Gasteiger partial charge in [0.25, 0.3) is 5.91 Å². The van der Waals surface area contributed by atoms with E-state index in [1.165, 1.54) is 17.2 Å². The third kappa shape index (κ3) is 2.40. The minimum absolute atomic E-state index is 0.0250. The molecule has 0 aliphatic carbocycles. The van der Waals surface area contributed by atoms with Gasteiger partial charge in [0.1, 0.15) is 6.04 Å². The van der Waals surface area contributed by atoms with Crippen LogP contribution in [0, 0.1) is 0 Å². The molecule has 2 aromatic rings. The van der Waals surface area contributed by atoms with Crippen molar-refractivity contribution < 1.29 is 19.1 Å². The van der Waals surface area contributed by atoms with Crippen LogP contribution in [0.2, 0.25) is 5.22 Å². The van der Waals surface area contributed by atoms with Gasteiger partial charge in [-0.05, 0) is 28.8 Å². The summed E-state index contributed by atoms with van der Waals surface area (Å²) in [4.78, 5) is 25.3. The zero-order chi connectivity index (χ0) is 15.0. The molecule has 5 nitrogen and oxygen atoms in total. The minimum atomic E-state index is -1.03. The molecular formula is C15H12ClNO4. The summed E-state index contributed by atoms with van der Waals surface area (Å²) in [6, 6.07) is 8.06. The number of hydrogen-bond acceptors (Lipinski definition) is 3. The van der Waals surface area contributed by atoms with Crippen LogP contribution in [0.25, 0.3) is 0 Å². The van der Waals surface area contributed by atoms with E-state index in [2.05, 4.69) is 0 Å². The molecule has 21 heavy (non-hydrogen) atoms. The van der Waals surface area contributed by atoms with E-state index in [1.54, 1.807) is 0 Å². The smallest absolute Gasteiger partial charge is 0.326 e. The lowest BCUT2D eigenvalue weighted by Gasteiger charge is -2.34. The summed E-state index contributed by atoms with van der Waals surface area (Å²) >= 11 is 5.82. The molecule has 1 atom stereocenters. The second-order valence-electron chi connectivity index (χ2n) is 4.87. The predicted molar refractivity (Wildman–Crippen MR) is 75.2 cm³/mol. The van der Waals surface area contributed by atoms with Gasteiger partial charge in [-0.1, -0.05) is 24.3 Å². The quantitative estimate of drug-likeness (QED) is 0.925. The number of fused-ring (bicyclic) bond motifs is 1. The maximum absolute atomic E-state index is 12.5. The van der Waals surface area contributed by atoms with Crippen molar-refractivity contribution in [2.24, 2.45) is 0 Å². The van der Waals surface area contributed by atoms with E-state index in [4.69, 9.17) is 16.0 Å². The van der Waals surface area contributed by atoms with Crippen LogP contribution >= 0.6 is 11.6 Å². The third-order valence-corrected chi connectivity index (χ3v) is 3.94. The highest BCUT2D eigenvalue weighted by Gasteiger charge is 2.35. The fraction of sp³-hybridized carbons (Fsp3) is 0.200. The van der Waals surface area contributed by atoms with Crippen molar-refractivity contribution in [3.8, 4) is 0 Å². The van der Waals surface area contributed by atoms with Crippen molar-refractivity contribution in [2.75, 3.05) is 0 Å². The van der Waals surface area contributed by atoms with Gasteiger partial charge in [-0.25, -0.2) is 4.79 Å². The molecule has 6 heteroatoms. The zero-order valence-corrected chi connectivity index (χ0v) is 11.7. The summed E-state index contributed by atoms with van der Waals surface area (Å²) in [6.45, 7) is 0.244. The van der Waals surface area contributed by atoms with E-state index in [9.17, 15) is 14.7 Å². The maximum Gasteiger partial charge on any atom is 0.326 e. The molecule has 1 aromatic carbocycles. The molecular weight excluding hydrogens is 294 g/mol. The molecule has 3 rings (SSSR count). The lowest BCUT2D eigenvalue weighted by atomic mass is 9.93. The van der Waals surface area contributed by atoms with E-state index in [0.717, 1.165) is 11.1 Å². The molecule has 2 heterocycles. The van der Waals surface area contributed by atoms with Crippen molar-refractivity contribution in [1.82, 2.24) is 4.90 Å². The van der Waals surface area contributed by atoms with Crippen LogP contribution in [-0.4, -0.2) is 27.9 Å². The number of carbonyl (C=O) groups excluding carboxylic acids is 1. The third-order valence-electron chi connectivity index (χ3n) is 3.64. The van der Waals surface area contributed by atoms with Crippen molar-refractivity contribution in [1.29, 1.82) is 0 Å². The van der Waals surface area contributed by atoms with Crippen LogP contribution in [0.15, 0.2) is 41.0 Å².